The molecule has 1 aliphatic heterocycles. The Bertz CT molecular complexity index is 990. The lowest BCUT2D eigenvalue weighted by atomic mass is 10.0. The van der Waals surface area contributed by atoms with Crippen molar-refractivity contribution in [1.82, 2.24) is 9.78 Å². The van der Waals surface area contributed by atoms with E-state index in [-0.39, 0.29) is 5.91 Å². The first-order chi connectivity index (χ1) is 12.7. The lowest BCUT2D eigenvalue weighted by molar-refractivity contribution is -0.114. The zero-order chi connectivity index (χ0) is 18.1. The van der Waals surface area contributed by atoms with E-state index in [2.05, 4.69) is 17.7 Å². The molecule has 0 saturated heterocycles. The van der Waals surface area contributed by atoms with Crippen LogP contribution in [0.4, 0.5) is 5.69 Å². The Labute approximate surface area is 152 Å². The molecule has 5 nitrogen and oxygen atoms in total. The molecule has 0 atom stereocenters. The highest BCUT2D eigenvalue weighted by Crippen LogP contribution is 2.27. The number of hydrogen-bond donors (Lipinski definition) is 0. The summed E-state index contributed by atoms with van der Waals surface area (Å²) in [5.74, 6) is -0.142. The highest BCUT2D eigenvalue weighted by molar-refractivity contribution is 6.01. The number of ether oxygens (including phenoxy) is 1. The molecule has 26 heavy (non-hydrogen) atoms. The van der Waals surface area contributed by atoms with Gasteiger partial charge in [0, 0.05) is 18.1 Å². The molecule has 0 fully saturated rings. The van der Waals surface area contributed by atoms with Crippen LogP contribution in [0.3, 0.4) is 0 Å². The van der Waals surface area contributed by atoms with Crippen LogP contribution in [0.25, 0.3) is 10.9 Å². The van der Waals surface area contributed by atoms with E-state index in [1.165, 1.54) is 11.6 Å². The lowest BCUT2D eigenvalue weighted by Gasteiger charge is -2.24. The number of fused-ring (bicyclic) bond motifs is 2. The average Bonchev–Trinajstić information content (AvgIpc) is 3.01. The fraction of sp³-hybridized carbons (Fsp3) is 0.238. The predicted molar refractivity (Wildman–Crippen MR) is 102 cm³/mol. The van der Waals surface area contributed by atoms with Crippen LogP contribution in [-0.4, -0.2) is 22.3 Å². The number of carbonyl (C=O) groups is 1. The van der Waals surface area contributed by atoms with E-state index in [1.54, 1.807) is 4.90 Å². The number of rotatable bonds is 4. The van der Waals surface area contributed by atoms with Crippen molar-refractivity contribution in [3.8, 4) is 0 Å². The number of para-hydroxylation sites is 1. The van der Waals surface area contributed by atoms with Crippen LogP contribution in [-0.2, 0) is 36.2 Å². The molecule has 1 aromatic heterocycles. The van der Waals surface area contributed by atoms with E-state index >= 15 is 0 Å². The number of aromatic nitrogens is 2. The summed E-state index contributed by atoms with van der Waals surface area (Å²) in [5, 5.41) is 5.68. The third-order valence-corrected chi connectivity index (χ3v) is 4.86. The highest BCUT2D eigenvalue weighted by atomic mass is 16.5. The molecule has 1 amide bonds. The fourth-order valence-corrected chi connectivity index (χ4v) is 3.48. The van der Waals surface area contributed by atoms with Crippen LogP contribution in [0.15, 0.2) is 55.1 Å². The van der Waals surface area contributed by atoms with Crippen molar-refractivity contribution in [1.29, 1.82) is 0 Å². The van der Waals surface area contributed by atoms with Crippen molar-refractivity contribution in [2.45, 2.75) is 19.6 Å². The van der Waals surface area contributed by atoms with Gasteiger partial charge in [0.2, 0.25) is 0 Å². The molecule has 2 aromatic carbocycles. The number of carbonyl (C=O) groups excluding carboxylic acids is 1. The lowest BCUT2D eigenvalue weighted by Crippen LogP contribution is -2.29. The maximum atomic E-state index is 12.6. The van der Waals surface area contributed by atoms with Gasteiger partial charge in [-0.05, 0) is 41.8 Å². The molecule has 0 radical (unpaired) electrons. The SMILES string of the molecule is C=CC(=O)N(Cc1nn(C)c2ccccc12)c1ccc2c(c1)COCC2. The van der Waals surface area contributed by atoms with E-state index < -0.39 is 0 Å². The van der Waals surface area contributed by atoms with Crippen LogP contribution in [0.1, 0.15) is 16.8 Å². The summed E-state index contributed by atoms with van der Waals surface area (Å²) < 4.78 is 7.41. The van der Waals surface area contributed by atoms with Gasteiger partial charge < -0.3 is 9.64 Å². The molecular formula is C21H21N3O2. The van der Waals surface area contributed by atoms with Crippen molar-refractivity contribution >= 4 is 22.5 Å². The van der Waals surface area contributed by atoms with Crippen molar-refractivity contribution in [2.75, 3.05) is 11.5 Å². The zero-order valence-corrected chi connectivity index (χ0v) is 14.8. The number of amides is 1. The Kier molecular flexibility index (Phi) is 4.31. The van der Waals surface area contributed by atoms with E-state index in [1.807, 2.05) is 48.1 Å². The number of aryl methyl sites for hydroxylation is 1. The van der Waals surface area contributed by atoms with Crippen molar-refractivity contribution in [3.63, 3.8) is 0 Å². The molecule has 0 aliphatic carbocycles. The number of benzene rings is 2. The minimum Gasteiger partial charge on any atom is -0.376 e. The van der Waals surface area contributed by atoms with Crippen LogP contribution in [0.5, 0.6) is 0 Å². The standard InChI is InChI=1S/C21H21N3O2/c1-3-21(25)24(17-9-8-15-10-11-26-14-16(15)12-17)13-19-18-6-4-5-7-20(18)23(2)22-19/h3-9,12H,1,10-11,13-14H2,2H3. The van der Waals surface area contributed by atoms with Crippen LogP contribution in [0, 0.1) is 0 Å². The summed E-state index contributed by atoms with van der Waals surface area (Å²) >= 11 is 0. The van der Waals surface area contributed by atoms with Crippen LogP contribution >= 0.6 is 0 Å². The predicted octanol–water partition coefficient (Wildman–Crippen LogP) is 3.37. The maximum absolute atomic E-state index is 12.6. The molecule has 2 heterocycles. The normalized spacial score (nSPS) is 13.4. The van der Waals surface area contributed by atoms with Gasteiger partial charge >= 0.3 is 0 Å². The fourth-order valence-electron chi connectivity index (χ4n) is 3.48. The second kappa shape index (κ2) is 6.77. The summed E-state index contributed by atoms with van der Waals surface area (Å²) in [6.07, 6.45) is 2.26. The Balaban J connectivity index is 1.74. The smallest absolute Gasteiger partial charge is 0.250 e. The van der Waals surface area contributed by atoms with Gasteiger partial charge in [-0.3, -0.25) is 9.48 Å². The molecule has 4 rings (SSSR count). The van der Waals surface area contributed by atoms with Crippen molar-refractivity contribution < 1.29 is 9.53 Å². The van der Waals surface area contributed by atoms with E-state index in [9.17, 15) is 4.79 Å². The van der Waals surface area contributed by atoms with Gasteiger partial charge in [-0.2, -0.15) is 5.10 Å². The molecule has 3 aromatic rings. The summed E-state index contributed by atoms with van der Waals surface area (Å²) in [4.78, 5) is 14.3. The summed E-state index contributed by atoms with van der Waals surface area (Å²) in [6, 6.07) is 14.2. The third kappa shape index (κ3) is 2.91. The first-order valence-corrected chi connectivity index (χ1v) is 8.71. The molecule has 0 saturated carbocycles. The second-order valence-electron chi connectivity index (χ2n) is 6.47. The van der Waals surface area contributed by atoms with Gasteiger partial charge in [0.15, 0.2) is 0 Å². The molecule has 132 valence electrons. The average molecular weight is 347 g/mol. The molecular weight excluding hydrogens is 326 g/mol. The van der Waals surface area contributed by atoms with Crippen molar-refractivity contribution in [2.24, 2.45) is 7.05 Å². The number of anilines is 1. The van der Waals surface area contributed by atoms with Gasteiger partial charge in [-0.25, -0.2) is 0 Å². The zero-order valence-electron chi connectivity index (χ0n) is 14.8. The molecule has 1 aliphatic rings. The Morgan fingerprint density at radius 1 is 1.31 bits per heavy atom. The van der Waals surface area contributed by atoms with E-state index in [0.717, 1.165) is 40.9 Å². The Hall–Kier alpha value is -2.92. The number of hydrogen-bond acceptors (Lipinski definition) is 3. The van der Waals surface area contributed by atoms with Gasteiger partial charge in [0.25, 0.3) is 5.91 Å². The summed E-state index contributed by atoms with van der Waals surface area (Å²) in [7, 11) is 1.92. The summed E-state index contributed by atoms with van der Waals surface area (Å²) in [6.45, 7) is 5.40. The second-order valence-corrected chi connectivity index (χ2v) is 6.47. The third-order valence-electron chi connectivity index (χ3n) is 4.86. The van der Waals surface area contributed by atoms with Gasteiger partial charge in [-0.15, -0.1) is 0 Å². The van der Waals surface area contributed by atoms with Crippen LogP contribution in [0.2, 0.25) is 0 Å². The first-order valence-electron chi connectivity index (χ1n) is 8.71. The highest BCUT2D eigenvalue weighted by Gasteiger charge is 2.19. The van der Waals surface area contributed by atoms with E-state index in [4.69, 9.17) is 4.74 Å². The van der Waals surface area contributed by atoms with Gasteiger partial charge in [-0.1, -0.05) is 30.8 Å². The monoisotopic (exact) mass is 347 g/mol. The Morgan fingerprint density at radius 2 is 2.15 bits per heavy atom. The quantitative estimate of drug-likeness (QED) is 0.680. The topological polar surface area (TPSA) is 47.4 Å². The molecule has 0 unspecified atom stereocenters. The molecule has 0 bridgehead atoms. The van der Waals surface area contributed by atoms with Gasteiger partial charge in [0.1, 0.15) is 0 Å². The largest absolute Gasteiger partial charge is 0.376 e. The van der Waals surface area contributed by atoms with E-state index in [0.29, 0.717) is 13.2 Å². The summed E-state index contributed by atoms with van der Waals surface area (Å²) in [5.41, 5.74) is 5.18. The first kappa shape index (κ1) is 16.5. The van der Waals surface area contributed by atoms with Gasteiger partial charge in [0.05, 0.1) is 31.0 Å². The van der Waals surface area contributed by atoms with Crippen LogP contribution < -0.4 is 4.90 Å². The molecule has 0 N–H and O–H groups in total. The minimum atomic E-state index is -0.142. The Morgan fingerprint density at radius 3 is 3.00 bits per heavy atom. The maximum Gasteiger partial charge on any atom is 0.250 e. The van der Waals surface area contributed by atoms with Crippen molar-refractivity contribution in [3.05, 3.63) is 71.9 Å². The molecule has 5 heteroatoms. The molecule has 0 spiro atoms. The number of nitrogens with zero attached hydrogens (tertiary/aromatic N) is 3. The minimum absolute atomic E-state index is 0.142.